The lowest BCUT2D eigenvalue weighted by Crippen LogP contribution is -2.16. The van der Waals surface area contributed by atoms with E-state index in [0.29, 0.717) is 5.92 Å². The Morgan fingerprint density at radius 2 is 2.18 bits per heavy atom. The minimum Gasteiger partial charge on any atom is -0.345 e. The van der Waals surface area contributed by atoms with E-state index in [1.54, 1.807) is 6.20 Å². The zero-order chi connectivity index (χ0) is 8.43. The van der Waals surface area contributed by atoms with Gasteiger partial charge in [0.15, 0.2) is 0 Å². The summed E-state index contributed by atoms with van der Waals surface area (Å²) in [5, 5.41) is 0. The first-order valence-corrected chi connectivity index (χ1v) is 3.88. The Labute approximate surface area is 67.0 Å². The number of nitrogens with two attached hydrogens (primary N) is 1. The van der Waals surface area contributed by atoms with E-state index in [4.69, 9.17) is 5.73 Å². The average molecular weight is 153 g/mol. The summed E-state index contributed by atoms with van der Waals surface area (Å²) >= 11 is 0. The van der Waals surface area contributed by atoms with Gasteiger partial charge in [0, 0.05) is 12.2 Å². The fourth-order valence-electron chi connectivity index (χ4n) is 0.968. The lowest BCUT2D eigenvalue weighted by Gasteiger charge is -2.12. The fraction of sp³-hybridized carbons (Fsp3) is 0.625. The van der Waals surface area contributed by atoms with Gasteiger partial charge < -0.3 is 10.7 Å². The van der Waals surface area contributed by atoms with Gasteiger partial charge in [0.05, 0.1) is 5.69 Å². The van der Waals surface area contributed by atoms with E-state index in [1.807, 2.05) is 6.92 Å². The van der Waals surface area contributed by atoms with E-state index in [2.05, 4.69) is 23.8 Å². The van der Waals surface area contributed by atoms with Gasteiger partial charge in [0.25, 0.3) is 0 Å². The van der Waals surface area contributed by atoms with Crippen LogP contribution in [-0.4, -0.2) is 9.97 Å². The number of aryl methyl sites for hydroxylation is 1. The van der Waals surface area contributed by atoms with Crippen molar-refractivity contribution in [2.75, 3.05) is 0 Å². The molecule has 1 heterocycles. The largest absolute Gasteiger partial charge is 0.345 e. The predicted octanol–water partition coefficient (Wildman–Crippen LogP) is 1.37. The molecule has 3 nitrogen and oxygen atoms in total. The van der Waals surface area contributed by atoms with Gasteiger partial charge in [-0.2, -0.15) is 0 Å². The molecule has 0 radical (unpaired) electrons. The van der Waals surface area contributed by atoms with Gasteiger partial charge in [-0.3, -0.25) is 0 Å². The molecule has 3 heteroatoms. The summed E-state index contributed by atoms with van der Waals surface area (Å²) in [5.41, 5.74) is 6.91. The van der Waals surface area contributed by atoms with Crippen LogP contribution in [0.4, 0.5) is 0 Å². The summed E-state index contributed by atoms with van der Waals surface area (Å²) in [6.45, 7) is 6.12. The number of hydrogen-bond acceptors (Lipinski definition) is 2. The molecule has 1 unspecified atom stereocenters. The van der Waals surface area contributed by atoms with Gasteiger partial charge in [-0.15, -0.1) is 0 Å². The molecule has 1 atom stereocenters. The first-order valence-electron chi connectivity index (χ1n) is 3.88. The first-order chi connectivity index (χ1) is 5.11. The number of rotatable bonds is 2. The zero-order valence-corrected chi connectivity index (χ0v) is 7.26. The smallest absolute Gasteiger partial charge is 0.103 e. The van der Waals surface area contributed by atoms with Crippen LogP contribution in [0.2, 0.25) is 0 Å². The van der Waals surface area contributed by atoms with Gasteiger partial charge >= 0.3 is 0 Å². The molecule has 1 rings (SSSR count). The van der Waals surface area contributed by atoms with E-state index in [9.17, 15) is 0 Å². The molecule has 0 spiro atoms. The van der Waals surface area contributed by atoms with Crippen LogP contribution in [-0.2, 0) is 0 Å². The van der Waals surface area contributed by atoms with Gasteiger partial charge in [-0.25, -0.2) is 4.98 Å². The number of nitrogens with one attached hydrogen (secondary N) is 1. The molecular formula is C8H15N3. The van der Waals surface area contributed by atoms with Crippen LogP contribution in [0.1, 0.15) is 31.4 Å². The van der Waals surface area contributed by atoms with Crippen molar-refractivity contribution >= 4 is 0 Å². The Morgan fingerprint density at radius 3 is 2.55 bits per heavy atom. The number of aromatic amines is 1. The van der Waals surface area contributed by atoms with Crippen molar-refractivity contribution in [3.8, 4) is 0 Å². The van der Waals surface area contributed by atoms with E-state index in [1.165, 1.54) is 0 Å². The van der Waals surface area contributed by atoms with E-state index in [-0.39, 0.29) is 6.04 Å². The third kappa shape index (κ3) is 1.80. The standard InChI is InChI=1S/C8H15N3/c1-5(2)8(9)7-4-10-6(3)11-7/h4-5,8H,9H2,1-3H3,(H,10,11). The minimum absolute atomic E-state index is 0.0798. The van der Waals surface area contributed by atoms with Crippen LogP contribution in [0.15, 0.2) is 6.20 Å². The molecule has 0 aromatic carbocycles. The maximum atomic E-state index is 5.88. The second-order valence-electron chi connectivity index (χ2n) is 3.19. The lowest BCUT2D eigenvalue weighted by molar-refractivity contribution is 0.504. The highest BCUT2D eigenvalue weighted by Gasteiger charge is 2.11. The zero-order valence-electron chi connectivity index (χ0n) is 7.26. The number of hydrogen-bond donors (Lipinski definition) is 2. The van der Waals surface area contributed by atoms with Crippen molar-refractivity contribution in [2.24, 2.45) is 11.7 Å². The molecule has 1 aromatic heterocycles. The highest BCUT2D eigenvalue weighted by Crippen LogP contribution is 2.15. The Morgan fingerprint density at radius 1 is 1.55 bits per heavy atom. The molecule has 0 saturated heterocycles. The minimum atomic E-state index is 0.0798. The Hall–Kier alpha value is -0.830. The molecule has 62 valence electrons. The number of imidazole rings is 1. The van der Waals surface area contributed by atoms with Crippen LogP contribution in [0, 0.1) is 12.8 Å². The molecule has 0 aliphatic rings. The molecule has 1 aromatic rings. The Kier molecular flexibility index (Phi) is 2.29. The molecule has 0 fully saturated rings. The third-order valence-corrected chi connectivity index (χ3v) is 1.80. The van der Waals surface area contributed by atoms with Crippen LogP contribution >= 0.6 is 0 Å². The summed E-state index contributed by atoms with van der Waals surface area (Å²) in [5.74, 6) is 1.38. The Bertz CT molecular complexity index is 227. The average Bonchev–Trinajstić information content (AvgIpc) is 2.34. The maximum Gasteiger partial charge on any atom is 0.103 e. The summed E-state index contributed by atoms with van der Waals surface area (Å²) in [6.07, 6.45) is 1.81. The summed E-state index contributed by atoms with van der Waals surface area (Å²) in [6, 6.07) is 0.0798. The van der Waals surface area contributed by atoms with Gasteiger partial charge in [-0.05, 0) is 12.8 Å². The second-order valence-corrected chi connectivity index (χ2v) is 3.19. The maximum absolute atomic E-state index is 5.88. The van der Waals surface area contributed by atoms with Gasteiger partial charge in [0.2, 0.25) is 0 Å². The molecule has 11 heavy (non-hydrogen) atoms. The van der Waals surface area contributed by atoms with Crippen LogP contribution in [0.3, 0.4) is 0 Å². The molecule has 0 amide bonds. The van der Waals surface area contributed by atoms with Crippen molar-refractivity contribution < 1.29 is 0 Å². The van der Waals surface area contributed by atoms with Crippen LogP contribution < -0.4 is 5.73 Å². The molecule has 3 N–H and O–H groups in total. The SMILES string of the molecule is Cc1ncc(C(N)C(C)C)[nH]1. The van der Waals surface area contributed by atoms with Gasteiger partial charge in [0.1, 0.15) is 5.82 Å². The molecule has 0 aliphatic heterocycles. The van der Waals surface area contributed by atoms with Crippen molar-refractivity contribution in [3.05, 3.63) is 17.7 Å². The first kappa shape index (κ1) is 8.27. The van der Waals surface area contributed by atoms with Crippen LogP contribution in [0.5, 0.6) is 0 Å². The van der Waals surface area contributed by atoms with Crippen molar-refractivity contribution in [1.82, 2.24) is 9.97 Å². The summed E-state index contributed by atoms with van der Waals surface area (Å²) in [4.78, 5) is 7.21. The number of H-pyrrole nitrogens is 1. The Balaban J connectivity index is 2.76. The molecule has 0 bridgehead atoms. The molecular weight excluding hydrogens is 138 g/mol. The summed E-state index contributed by atoms with van der Waals surface area (Å²) in [7, 11) is 0. The van der Waals surface area contributed by atoms with Crippen LogP contribution in [0.25, 0.3) is 0 Å². The lowest BCUT2D eigenvalue weighted by atomic mass is 10.0. The second kappa shape index (κ2) is 3.05. The van der Waals surface area contributed by atoms with Crippen molar-refractivity contribution in [2.45, 2.75) is 26.8 Å². The summed E-state index contributed by atoms with van der Waals surface area (Å²) < 4.78 is 0. The number of nitrogens with zero attached hydrogens (tertiary/aromatic N) is 1. The fourth-order valence-corrected chi connectivity index (χ4v) is 0.968. The van der Waals surface area contributed by atoms with E-state index in [0.717, 1.165) is 11.5 Å². The topological polar surface area (TPSA) is 54.7 Å². The highest BCUT2D eigenvalue weighted by atomic mass is 14.9. The molecule has 0 saturated carbocycles. The van der Waals surface area contributed by atoms with E-state index >= 15 is 0 Å². The predicted molar refractivity (Wildman–Crippen MR) is 45.1 cm³/mol. The molecule has 0 aliphatic carbocycles. The van der Waals surface area contributed by atoms with E-state index < -0.39 is 0 Å². The van der Waals surface area contributed by atoms with Crippen molar-refractivity contribution in [3.63, 3.8) is 0 Å². The number of aromatic nitrogens is 2. The third-order valence-electron chi connectivity index (χ3n) is 1.80. The normalized spacial score (nSPS) is 13.9. The quantitative estimate of drug-likeness (QED) is 0.674. The highest BCUT2D eigenvalue weighted by molar-refractivity contribution is 5.05. The van der Waals surface area contributed by atoms with Gasteiger partial charge in [-0.1, -0.05) is 13.8 Å². The van der Waals surface area contributed by atoms with Crippen molar-refractivity contribution in [1.29, 1.82) is 0 Å². The monoisotopic (exact) mass is 153 g/mol.